The molecule has 1 fully saturated rings. The summed E-state index contributed by atoms with van der Waals surface area (Å²) in [6, 6.07) is 2.90. The van der Waals surface area contributed by atoms with E-state index < -0.39 is 17.7 Å². The molecule has 2 bridgehead atoms. The lowest BCUT2D eigenvalue weighted by molar-refractivity contribution is -0.137. The van der Waals surface area contributed by atoms with Crippen LogP contribution < -0.4 is 0 Å². The summed E-state index contributed by atoms with van der Waals surface area (Å²) < 4.78 is 27.2. The third-order valence-corrected chi connectivity index (χ3v) is 4.93. The highest BCUT2D eigenvalue weighted by Crippen LogP contribution is 2.44. The number of carbonyl (C=O) groups is 1. The number of hydrogen-bond acceptors (Lipinski definition) is 1. The SMILES string of the molecule is C[C@H](c1cc(F)ccc1F)N(C)C(=O)[C@@H]1C[C@H]2C=C[C@H]1C2. The van der Waals surface area contributed by atoms with Gasteiger partial charge in [-0.15, -0.1) is 0 Å². The van der Waals surface area contributed by atoms with Gasteiger partial charge in [0.1, 0.15) is 11.6 Å². The number of hydrogen-bond donors (Lipinski definition) is 0. The van der Waals surface area contributed by atoms with E-state index in [1.807, 2.05) is 0 Å². The van der Waals surface area contributed by atoms with Gasteiger partial charge in [0.05, 0.1) is 6.04 Å². The number of amides is 1. The van der Waals surface area contributed by atoms with Gasteiger partial charge in [0.15, 0.2) is 0 Å². The summed E-state index contributed by atoms with van der Waals surface area (Å²) in [4.78, 5) is 14.2. The second kappa shape index (κ2) is 5.24. The molecule has 112 valence electrons. The van der Waals surface area contributed by atoms with Gasteiger partial charge in [0, 0.05) is 18.5 Å². The molecule has 4 heteroatoms. The summed E-state index contributed by atoms with van der Waals surface area (Å²) in [6.07, 6.45) is 6.23. The molecule has 0 N–H and O–H groups in total. The van der Waals surface area contributed by atoms with Crippen molar-refractivity contribution < 1.29 is 13.6 Å². The first kappa shape index (κ1) is 14.2. The zero-order chi connectivity index (χ0) is 15.1. The molecule has 1 amide bonds. The molecule has 1 aromatic rings. The maximum atomic E-state index is 13.9. The highest BCUT2D eigenvalue weighted by Gasteiger charge is 2.41. The lowest BCUT2D eigenvalue weighted by atomic mass is 9.91. The van der Waals surface area contributed by atoms with Crippen LogP contribution in [0.25, 0.3) is 0 Å². The number of carbonyl (C=O) groups excluding carboxylic acids is 1. The fourth-order valence-corrected chi connectivity index (χ4v) is 3.56. The first-order chi connectivity index (χ1) is 9.97. The van der Waals surface area contributed by atoms with Crippen molar-refractivity contribution in [3.63, 3.8) is 0 Å². The molecule has 2 aliphatic rings. The summed E-state index contributed by atoms with van der Waals surface area (Å²) in [6.45, 7) is 1.73. The third-order valence-electron chi connectivity index (χ3n) is 4.93. The molecule has 2 nitrogen and oxygen atoms in total. The van der Waals surface area contributed by atoms with Crippen LogP contribution in [0.15, 0.2) is 30.4 Å². The van der Waals surface area contributed by atoms with Crippen LogP contribution in [0, 0.1) is 29.4 Å². The number of fused-ring (bicyclic) bond motifs is 2. The highest BCUT2D eigenvalue weighted by atomic mass is 19.1. The van der Waals surface area contributed by atoms with Crippen molar-refractivity contribution in [2.24, 2.45) is 17.8 Å². The molecule has 1 saturated carbocycles. The minimum atomic E-state index is -0.484. The summed E-state index contributed by atoms with van der Waals surface area (Å²) in [7, 11) is 1.67. The molecule has 1 aromatic carbocycles. The number of nitrogens with zero attached hydrogens (tertiary/aromatic N) is 1. The topological polar surface area (TPSA) is 20.3 Å². The minimum absolute atomic E-state index is 0.0101. The summed E-state index contributed by atoms with van der Waals surface area (Å²) >= 11 is 0. The molecule has 0 spiro atoms. The summed E-state index contributed by atoms with van der Waals surface area (Å²) in [5, 5.41) is 0. The summed E-state index contributed by atoms with van der Waals surface area (Å²) in [5.41, 5.74) is 0.226. The van der Waals surface area contributed by atoms with E-state index >= 15 is 0 Å². The van der Waals surface area contributed by atoms with Crippen LogP contribution in [0.1, 0.15) is 31.4 Å². The van der Waals surface area contributed by atoms with Gasteiger partial charge < -0.3 is 4.90 Å². The van der Waals surface area contributed by atoms with Crippen LogP contribution in [-0.2, 0) is 4.79 Å². The molecule has 0 aromatic heterocycles. The highest BCUT2D eigenvalue weighted by molar-refractivity contribution is 5.80. The Morgan fingerprint density at radius 2 is 2.05 bits per heavy atom. The van der Waals surface area contributed by atoms with Crippen molar-refractivity contribution >= 4 is 5.91 Å². The van der Waals surface area contributed by atoms with Gasteiger partial charge in [-0.05, 0) is 49.8 Å². The Kier molecular flexibility index (Phi) is 3.56. The Labute approximate surface area is 123 Å². The van der Waals surface area contributed by atoms with Crippen molar-refractivity contribution in [2.45, 2.75) is 25.8 Å². The quantitative estimate of drug-likeness (QED) is 0.778. The van der Waals surface area contributed by atoms with Crippen LogP contribution in [0.2, 0.25) is 0 Å². The Bertz CT molecular complexity index is 598. The molecule has 4 atom stereocenters. The van der Waals surface area contributed by atoms with E-state index in [1.54, 1.807) is 18.9 Å². The Hall–Kier alpha value is -1.71. The Balaban J connectivity index is 1.78. The molecular weight excluding hydrogens is 272 g/mol. The first-order valence-electron chi connectivity index (χ1n) is 7.37. The number of rotatable bonds is 3. The van der Waals surface area contributed by atoms with Crippen LogP contribution >= 0.6 is 0 Å². The van der Waals surface area contributed by atoms with Gasteiger partial charge in [0.2, 0.25) is 5.91 Å². The average Bonchev–Trinajstić information content (AvgIpc) is 3.10. The smallest absolute Gasteiger partial charge is 0.226 e. The van der Waals surface area contributed by atoms with Gasteiger partial charge in [-0.3, -0.25) is 4.79 Å². The largest absolute Gasteiger partial charge is 0.339 e. The minimum Gasteiger partial charge on any atom is -0.339 e. The molecular formula is C17H19F2NO. The van der Waals surface area contributed by atoms with Gasteiger partial charge in [-0.2, -0.15) is 0 Å². The van der Waals surface area contributed by atoms with Crippen LogP contribution in [-0.4, -0.2) is 17.9 Å². The monoisotopic (exact) mass is 291 g/mol. The number of halogens is 2. The predicted octanol–water partition coefficient (Wildman–Crippen LogP) is 3.70. The second-order valence-electron chi connectivity index (χ2n) is 6.18. The lowest BCUT2D eigenvalue weighted by Gasteiger charge is -2.30. The van der Waals surface area contributed by atoms with Crippen LogP contribution in [0.4, 0.5) is 8.78 Å². The zero-order valence-electron chi connectivity index (χ0n) is 12.2. The fraction of sp³-hybridized carbons (Fsp3) is 0.471. The van der Waals surface area contributed by atoms with Crippen molar-refractivity contribution in [3.8, 4) is 0 Å². The van der Waals surface area contributed by atoms with Crippen molar-refractivity contribution in [3.05, 3.63) is 47.5 Å². The maximum absolute atomic E-state index is 13.9. The van der Waals surface area contributed by atoms with Gasteiger partial charge in [0.25, 0.3) is 0 Å². The van der Waals surface area contributed by atoms with E-state index in [1.165, 1.54) is 6.07 Å². The third kappa shape index (κ3) is 2.47. The predicted molar refractivity (Wildman–Crippen MR) is 76.4 cm³/mol. The molecule has 2 aliphatic carbocycles. The van der Waals surface area contributed by atoms with Crippen molar-refractivity contribution in [1.29, 1.82) is 0 Å². The van der Waals surface area contributed by atoms with E-state index in [4.69, 9.17) is 0 Å². The molecule has 3 rings (SSSR count). The van der Waals surface area contributed by atoms with E-state index in [9.17, 15) is 13.6 Å². The standard InChI is InChI=1S/C17H19F2NO/c1-10(14-9-13(18)5-6-16(14)19)20(2)17(21)15-8-11-3-4-12(15)7-11/h3-6,9-12,15H,7-8H2,1-2H3/t10-,11+,12+,15-/m1/s1. The van der Waals surface area contributed by atoms with Gasteiger partial charge in [-0.1, -0.05) is 12.2 Å². The Morgan fingerprint density at radius 3 is 2.67 bits per heavy atom. The van der Waals surface area contributed by atoms with Crippen LogP contribution in [0.3, 0.4) is 0 Å². The van der Waals surface area contributed by atoms with Crippen molar-refractivity contribution in [1.82, 2.24) is 4.90 Å². The number of allylic oxidation sites excluding steroid dienone is 2. The van der Waals surface area contributed by atoms with E-state index in [-0.39, 0.29) is 17.4 Å². The van der Waals surface area contributed by atoms with E-state index in [2.05, 4.69) is 12.2 Å². The first-order valence-corrected chi connectivity index (χ1v) is 7.37. The maximum Gasteiger partial charge on any atom is 0.226 e. The van der Waals surface area contributed by atoms with Crippen molar-refractivity contribution in [2.75, 3.05) is 7.05 Å². The lowest BCUT2D eigenvalue weighted by Crippen LogP contribution is -2.36. The van der Waals surface area contributed by atoms with Gasteiger partial charge >= 0.3 is 0 Å². The van der Waals surface area contributed by atoms with E-state index in [0.717, 1.165) is 25.0 Å². The normalized spacial score (nSPS) is 27.9. The second-order valence-corrected chi connectivity index (χ2v) is 6.18. The molecule has 0 heterocycles. The molecule has 0 saturated heterocycles. The van der Waals surface area contributed by atoms with Gasteiger partial charge in [-0.25, -0.2) is 8.78 Å². The van der Waals surface area contributed by atoms with E-state index in [0.29, 0.717) is 11.8 Å². The molecule has 21 heavy (non-hydrogen) atoms. The average molecular weight is 291 g/mol. The fourth-order valence-electron chi connectivity index (χ4n) is 3.56. The zero-order valence-corrected chi connectivity index (χ0v) is 12.2. The Morgan fingerprint density at radius 1 is 1.29 bits per heavy atom. The molecule has 0 unspecified atom stereocenters. The summed E-state index contributed by atoms with van der Waals surface area (Å²) in [5.74, 6) is -0.113. The molecule has 0 aliphatic heterocycles. The van der Waals surface area contributed by atoms with Crippen LogP contribution in [0.5, 0.6) is 0 Å². The molecule has 0 radical (unpaired) electrons. The number of benzene rings is 1.